The molecule has 2 heterocycles. The minimum atomic E-state index is -3.80. The van der Waals surface area contributed by atoms with Crippen LogP contribution in [0.25, 0.3) is 0 Å². The van der Waals surface area contributed by atoms with Gasteiger partial charge in [-0.2, -0.15) is 4.31 Å². The van der Waals surface area contributed by atoms with Crippen LogP contribution in [0, 0.1) is 17.6 Å². The number of sulfonamides is 1. The van der Waals surface area contributed by atoms with Crippen LogP contribution in [-0.2, 0) is 22.0 Å². The first-order valence-electron chi connectivity index (χ1n) is 12.0. The lowest BCUT2D eigenvalue weighted by Crippen LogP contribution is -2.45. The van der Waals surface area contributed by atoms with Crippen molar-refractivity contribution in [3.05, 3.63) is 106 Å². The Morgan fingerprint density at radius 2 is 1.89 bits per heavy atom. The summed E-state index contributed by atoms with van der Waals surface area (Å²) in [6.45, 7) is 5.30. The average molecular weight is 515 g/mol. The van der Waals surface area contributed by atoms with E-state index < -0.39 is 38.1 Å². The highest BCUT2D eigenvalue weighted by atomic mass is 32.2. The molecule has 0 amide bonds. The third-order valence-electron chi connectivity index (χ3n) is 7.72. The van der Waals surface area contributed by atoms with Crippen molar-refractivity contribution in [3.8, 4) is 0 Å². The molecule has 1 saturated heterocycles. The second-order valence-electron chi connectivity index (χ2n) is 9.87. The Bertz CT molecular complexity index is 1440. The Labute approximate surface area is 208 Å². The third-order valence-corrected chi connectivity index (χ3v) is 10.1. The van der Waals surface area contributed by atoms with Crippen molar-refractivity contribution < 1.29 is 21.6 Å². The first kappa shape index (κ1) is 24.6. The molecule has 36 heavy (non-hydrogen) atoms. The van der Waals surface area contributed by atoms with Gasteiger partial charge in [0, 0.05) is 29.9 Å². The van der Waals surface area contributed by atoms with Crippen LogP contribution in [0.5, 0.6) is 0 Å². The van der Waals surface area contributed by atoms with E-state index in [1.54, 1.807) is 37.3 Å². The maximum Gasteiger partial charge on any atom is 0.416 e. The number of hydrogen-bond donors (Lipinski definition) is 1. The van der Waals surface area contributed by atoms with E-state index in [9.17, 15) is 13.2 Å². The highest BCUT2D eigenvalue weighted by Crippen LogP contribution is 2.53. The summed E-state index contributed by atoms with van der Waals surface area (Å²) in [5.41, 5.74) is -0.260. The molecular formula is C27H28F2N2O4S. The van der Waals surface area contributed by atoms with Crippen molar-refractivity contribution in [1.82, 2.24) is 9.29 Å². The summed E-state index contributed by atoms with van der Waals surface area (Å²) in [5, 5.41) is -0.729. The lowest BCUT2D eigenvalue weighted by Gasteiger charge is -2.45. The van der Waals surface area contributed by atoms with Crippen LogP contribution in [0.1, 0.15) is 60.3 Å². The van der Waals surface area contributed by atoms with Crippen molar-refractivity contribution in [1.29, 1.82) is 0 Å². The van der Waals surface area contributed by atoms with Crippen molar-refractivity contribution in [2.75, 3.05) is 0 Å². The standard InChI is InChI=1S/C27H28F2N2O4S/c1-3-18-13-27(14-18,25-15-30-26(32)35-25)21-12-22(28)20(11-23(21)29)16-31-17(2)9-10-24(36(31,33)34)19-7-5-4-6-8-19/h3-8,11-12,15,17-18,24H,1,9-10,13-14,16H2,2H3,(H,30,32)/t17-,18?,24?,27?/m0/s1. The van der Waals surface area contributed by atoms with Crippen molar-refractivity contribution in [2.45, 2.75) is 55.9 Å². The fourth-order valence-corrected chi connectivity index (χ4v) is 7.86. The topological polar surface area (TPSA) is 83.4 Å². The highest BCUT2D eigenvalue weighted by Gasteiger charge is 2.50. The lowest BCUT2D eigenvalue weighted by atomic mass is 9.57. The fourth-order valence-electron chi connectivity index (χ4n) is 5.67. The van der Waals surface area contributed by atoms with Crippen LogP contribution < -0.4 is 5.76 Å². The van der Waals surface area contributed by atoms with Crippen molar-refractivity contribution in [2.24, 2.45) is 5.92 Å². The number of aromatic amines is 1. The largest absolute Gasteiger partial charge is 0.416 e. The van der Waals surface area contributed by atoms with E-state index in [1.807, 2.05) is 6.07 Å². The van der Waals surface area contributed by atoms with Gasteiger partial charge in [-0.25, -0.2) is 22.0 Å². The molecule has 0 bridgehead atoms. The van der Waals surface area contributed by atoms with Gasteiger partial charge in [-0.3, -0.25) is 4.98 Å². The minimum absolute atomic E-state index is 0.0364. The molecule has 3 aromatic rings. The molecule has 2 fully saturated rings. The number of H-pyrrole nitrogens is 1. The van der Waals surface area contributed by atoms with Gasteiger partial charge in [-0.1, -0.05) is 36.4 Å². The van der Waals surface area contributed by atoms with Gasteiger partial charge in [0.05, 0.1) is 5.41 Å². The van der Waals surface area contributed by atoms with Crippen LogP contribution in [0.15, 0.2) is 70.5 Å². The molecule has 5 rings (SSSR count). The van der Waals surface area contributed by atoms with Crippen LogP contribution in [0.3, 0.4) is 0 Å². The van der Waals surface area contributed by atoms with E-state index in [0.29, 0.717) is 31.2 Å². The van der Waals surface area contributed by atoms with Gasteiger partial charge in [0.1, 0.15) is 22.6 Å². The molecular weight excluding hydrogens is 486 g/mol. The third kappa shape index (κ3) is 4.04. The first-order valence-corrected chi connectivity index (χ1v) is 13.5. The van der Waals surface area contributed by atoms with Gasteiger partial charge in [0.15, 0.2) is 0 Å². The second-order valence-corrected chi connectivity index (χ2v) is 11.9. The molecule has 1 N–H and O–H groups in total. The number of oxazole rings is 1. The number of halogens is 2. The van der Waals surface area contributed by atoms with Crippen LogP contribution in [-0.4, -0.2) is 23.7 Å². The summed E-state index contributed by atoms with van der Waals surface area (Å²) in [6, 6.07) is 10.8. The molecule has 1 aromatic heterocycles. The quantitative estimate of drug-likeness (QED) is 0.460. The van der Waals surface area contributed by atoms with E-state index in [-0.39, 0.29) is 35.4 Å². The number of aromatic nitrogens is 1. The number of rotatable bonds is 6. The lowest BCUT2D eigenvalue weighted by molar-refractivity contribution is 0.182. The summed E-state index contributed by atoms with van der Waals surface area (Å²) >= 11 is 0. The molecule has 1 aliphatic carbocycles. The molecule has 1 unspecified atom stereocenters. The summed E-state index contributed by atoms with van der Waals surface area (Å²) in [6.07, 6.45) is 5.05. The molecule has 9 heteroatoms. The Hall–Kier alpha value is -3.04. The van der Waals surface area contributed by atoms with Gasteiger partial charge in [0.25, 0.3) is 0 Å². The van der Waals surface area contributed by atoms with Gasteiger partial charge in [0.2, 0.25) is 10.0 Å². The van der Waals surface area contributed by atoms with Crippen LogP contribution >= 0.6 is 0 Å². The molecule has 2 atom stereocenters. The number of benzene rings is 2. The van der Waals surface area contributed by atoms with Crippen LogP contribution in [0.2, 0.25) is 0 Å². The smallest absolute Gasteiger partial charge is 0.412 e. The predicted molar refractivity (Wildman–Crippen MR) is 132 cm³/mol. The summed E-state index contributed by atoms with van der Waals surface area (Å²) in [5.74, 6) is -1.72. The normalized spacial score (nSPS) is 27.9. The van der Waals surface area contributed by atoms with Crippen molar-refractivity contribution in [3.63, 3.8) is 0 Å². The molecule has 0 radical (unpaired) electrons. The van der Waals surface area contributed by atoms with Gasteiger partial charge in [-0.15, -0.1) is 6.58 Å². The van der Waals surface area contributed by atoms with Gasteiger partial charge in [-0.05, 0) is 56.2 Å². The number of allylic oxidation sites excluding steroid dienone is 1. The number of hydrogen-bond acceptors (Lipinski definition) is 4. The maximum absolute atomic E-state index is 15.6. The summed E-state index contributed by atoms with van der Waals surface area (Å²) in [4.78, 5) is 14.1. The van der Waals surface area contributed by atoms with E-state index in [4.69, 9.17) is 4.42 Å². The van der Waals surface area contributed by atoms with Crippen LogP contribution in [0.4, 0.5) is 8.78 Å². The highest BCUT2D eigenvalue weighted by molar-refractivity contribution is 7.89. The van der Waals surface area contributed by atoms with Crippen molar-refractivity contribution >= 4 is 10.0 Å². The van der Waals surface area contributed by atoms with E-state index in [2.05, 4.69) is 11.6 Å². The molecule has 2 aliphatic rings. The number of nitrogens with one attached hydrogen (secondary N) is 1. The Balaban J connectivity index is 1.49. The molecule has 190 valence electrons. The van der Waals surface area contributed by atoms with Gasteiger partial charge < -0.3 is 4.42 Å². The van der Waals surface area contributed by atoms with E-state index in [1.165, 1.54) is 10.5 Å². The zero-order valence-electron chi connectivity index (χ0n) is 19.9. The maximum atomic E-state index is 15.6. The summed E-state index contributed by atoms with van der Waals surface area (Å²) < 4.78 is 64.6. The Morgan fingerprint density at radius 1 is 1.17 bits per heavy atom. The predicted octanol–water partition coefficient (Wildman–Crippen LogP) is 5.18. The zero-order chi connectivity index (χ0) is 25.7. The second kappa shape index (κ2) is 9.12. The van der Waals surface area contributed by atoms with E-state index in [0.717, 1.165) is 12.1 Å². The van der Waals surface area contributed by atoms with Gasteiger partial charge >= 0.3 is 5.76 Å². The summed E-state index contributed by atoms with van der Waals surface area (Å²) in [7, 11) is -3.80. The zero-order valence-corrected chi connectivity index (χ0v) is 20.7. The SMILES string of the molecule is C=CC1CC(c2c[nH]c(=O)o2)(c2cc(F)c(CN3[C@@H](C)CCC(c4ccccc4)S3(=O)=O)cc2F)C1. The Kier molecular flexibility index (Phi) is 6.24. The minimum Gasteiger partial charge on any atom is -0.412 e. The molecule has 0 spiro atoms. The Morgan fingerprint density at radius 3 is 2.53 bits per heavy atom. The van der Waals surface area contributed by atoms with E-state index >= 15 is 8.78 Å². The molecule has 1 saturated carbocycles. The first-order chi connectivity index (χ1) is 17.2. The molecule has 1 aliphatic heterocycles. The monoisotopic (exact) mass is 514 g/mol. The molecule has 2 aromatic carbocycles. The fraction of sp³-hybridized carbons (Fsp3) is 0.370. The number of nitrogens with zero attached hydrogens (tertiary/aromatic N) is 1. The molecule has 6 nitrogen and oxygen atoms in total. The average Bonchev–Trinajstić information content (AvgIpc) is 3.25.